The Hall–Kier alpha value is -1.03. The van der Waals surface area contributed by atoms with Crippen LogP contribution in [0.2, 0.25) is 0 Å². The van der Waals surface area contributed by atoms with Crippen molar-refractivity contribution < 1.29 is 0 Å². The van der Waals surface area contributed by atoms with Crippen LogP contribution in [0, 0.1) is 0 Å². The van der Waals surface area contributed by atoms with E-state index in [4.69, 9.17) is 0 Å². The van der Waals surface area contributed by atoms with Crippen molar-refractivity contribution in [2.45, 2.75) is 19.4 Å². The van der Waals surface area contributed by atoms with E-state index < -0.39 is 0 Å². The molecule has 2 aromatic rings. The maximum absolute atomic E-state index is 3.52. The summed E-state index contributed by atoms with van der Waals surface area (Å²) in [6.07, 6.45) is 2.32. The Morgan fingerprint density at radius 1 is 1.25 bits per heavy atom. The highest BCUT2D eigenvalue weighted by atomic mass is 35.5. The van der Waals surface area contributed by atoms with Crippen LogP contribution in [0.5, 0.6) is 0 Å². The lowest BCUT2D eigenvalue weighted by Crippen LogP contribution is -2.21. The summed E-state index contributed by atoms with van der Waals surface area (Å²) in [5.41, 5.74) is 4.29. The normalized spacial score (nSPS) is 12.9. The minimum atomic E-state index is 0. The third-order valence-electron chi connectivity index (χ3n) is 3.69. The number of nitrogens with one attached hydrogen (secondary N) is 1. The second-order valence-electron chi connectivity index (χ2n) is 5.20. The monoisotopic (exact) mass is 308 g/mol. The molecule has 1 aliphatic heterocycles. The Morgan fingerprint density at radius 2 is 2.15 bits per heavy atom. The van der Waals surface area contributed by atoms with Crippen LogP contribution in [0.15, 0.2) is 35.7 Å². The Kier molecular flexibility index (Phi) is 5.46. The Labute approximate surface area is 131 Å². The van der Waals surface area contributed by atoms with E-state index in [1.807, 2.05) is 11.3 Å². The number of hydrogen-bond acceptors (Lipinski definition) is 3. The van der Waals surface area contributed by atoms with Crippen LogP contribution in [0.4, 0.5) is 5.69 Å². The molecule has 0 saturated carbocycles. The van der Waals surface area contributed by atoms with Crippen molar-refractivity contribution in [1.82, 2.24) is 4.90 Å². The van der Waals surface area contributed by atoms with Crippen LogP contribution in [-0.4, -0.2) is 25.0 Å². The van der Waals surface area contributed by atoms with Gasteiger partial charge in [-0.1, -0.05) is 24.3 Å². The molecule has 0 saturated heterocycles. The van der Waals surface area contributed by atoms with Gasteiger partial charge in [-0.2, -0.15) is 0 Å². The van der Waals surface area contributed by atoms with Crippen LogP contribution < -0.4 is 5.32 Å². The van der Waals surface area contributed by atoms with Gasteiger partial charge in [-0.25, -0.2) is 0 Å². The van der Waals surface area contributed by atoms with Gasteiger partial charge in [-0.05, 0) is 42.5 Å². The van der Waals surface area contributed by atoms with Crippen molar-refractivity contribution in [3.8, 4) is 0 Å². The fourth-order valence-corrected chi connectivity index (χ4v) is 3.37. The first-order valence-corrected chi connectivity index (χ1v) is 7.76. The lowest BCUT2D eigenvalue weighted by Gasteiger charge is -2.18. The minimum absolute atomic E-state index is 0. The first kappa shape index (κ1) is 15.4. The highest BCUT2D eigenvalue weighted by Crippen LogP contribution is 2.27. The van der Waals surface area contributed by atoms with Crippen molar-refractivity contribution in [2.75, 3.05) is 25.5 Å². The van der Waals surface area contributed by atoms with Gasteiger partial charge in [-0.15, -0.1) is 23.7 Å². The lowest BCUT2D eigenvalue weighted by molar-refractivity contribution is 0.332. The van der Waals surface area contributed by atoms with Gasteiger partial charge in [0, 0.05) is 30.2 Å². The number of benzene rings is 1. The minimum Gasteiger partial charge on any atom is -0.384 e. The molecular weight excluding hydrogens is 288 g/mol. The summed E-state index contributed by atoms with van der Waals surface area (Å²) in [4.78, 5) is 3.89. The maximum Gasteiger partial charge on any atom is 0.0419 e. The fraction of sp³-hybridized carbons (Fsp3) is 0.375. The zero-order valence-electron chi connectivity index (χ0n) is 11.8. The molecule has 0 fully saturated rings. The first-order chi connectivity index (χ1) is 9.33. The van der Waals surface area contributed by atoms with E-state index in [0.717, 1.165) is 26.1 Å². The van der Waals surface area contributed by atoms with E-state index in [-0.39, 0.29) is 12.4 Å². The number of thiophene rings is 1. The van der Waals surface area contributed by atoms with Crippen molar-refractivity contribution in [2.24, 2.45) is 0 Å². The second-order valence-corrected chi connectivity index (χ2v) is 6.23. The van der Waals surface area contributed by atoms with Gasteiger partial charge in [0.2, 0.25) is 0 Å². The number of anilines is 1. The highest BCUT2D eigenvalue weighted by molar-refractivity contribution is 7.09. The largest absolute Gasteiger partial charge is 0.384 e. The number of halogens is 1. The average molecular weight is 309 g/mol. The Morgan fingerprint density at radius 3 is 2.95 bits per heavy atom. The molecule has 1 aliphatic rings. The molecule has 108 valence electrons. The molecule has 1 aromatic carbocycles. The van der Waals surface area contributed by atoms with Crippen molar-refractivity contribution >= 4 is 29.4 Å². The molecule has 2 nitrogen and oxygen atoms in total. The number of fused-ring (bicyclic) bond motifs is 1. The summed E-state index contributed by atoms with van der Waals surface area (Å²) in [7, 11) is 2.21. The molecule has 0 aliphatic carbocycles. The zero-order chi connectivity index (χ0) is 13.1. The number of rotatable bonds is 5. The highest BCUT2D eigenvalue weighted by Gasteiger charge is 2.14. The quantitative estimate of drug-likeness (QED) is 0.903. The van der Waals surface area contributed by atoms with Crippen molar-refractivity contribution in [3.05, 3.63) is 51.7 Å². The SMILES string of the molecule is CN(CCc1cccs1)Cc1cccc2c1NCC2.Cl. The Balaban J connectivity index is 0.00000147. The molecule has 2 heterocycles. The molecule has 0 radical (unpaired) electrons. The van der Waals surface area contributed by atoms with Crippen LogP contribution >= 0.6 is 23.7 Å². The summed E-state index contributed by atoms with van der Waals surface area (Å²) in [6, 6.07) is 11.0. The van der Waals surface area contributed by atoms with Gasteiger partial charge < -0.3 is 10.2 Å². The van der Waals surface area contributed by atoms with Gasteiger partial charge in [-0.3, -0.25) is 0 Å². The molecule has 0 spiro atoms. The van der Waals surface area contributed by atoms with E-state index in [2.05, 4.69) is 53.0 Å². The summed E-state index contributed by atoms with van der Waals surface area (Å²) < 4.78 is 0. The lowest BCUT2D eigenvalue weighted by atomic mass is 10.1. The van der Waals surface area contributed by atoms with Gasteiger partial charge in [0.15, 0.2) is 0 Å². The molecule has 0 unspecified atom stereocenters. The summed E-state index contributed by atoms with van der Waals surface area (Å²) in [5, 5.41) is 5.68. The number of likely N-dealkylation sites (N-methyl/N-ethyl adjacent to an activating group) is 1. The van der Waals surface area contributed by atoms with Crippen LogP contribution in [-0.2, 0) is 19.4 Å². The fourth-order valence-electron chi connectivity index (χ4n) is 2.67. The van der Waals surface area contributed by atoms with E-state index in [9.17, 15) is 0 Å². The third-order valence-corrected chi connectivity index (χ3v) is 4.63. The van der Waals surface area contributed by atoms with Gasteiger partial charge >= 0.3 is 0 Å². The molecule has 20 heavy (non-hydrogen) atoms. The molecule has 4 heteroatoms. The molecule has 1 N–H and O–H groups in total. The van der Waals surface area contributed by atoms with Gasteiger partial charge in [0.1, 0.15) is 0 Å². The van der Waals surface area contributed by atoms with Crippen molar-refractivity contribution in [1.29, 1.82) is 0 Å². The van der Waals surface area contributed by atoms with Crippen LogP contribution in [0.3, 0.4) is 0 Å². The molecular formula is C16H21ClN2S. The second kappa shape index (κ2) is 7.11. The molecule has 3 rings (SSSR count). The van der Waals surface area contributed by atoms with Gasteiger partial charge in [0.25, 0.3) is 0 Å². The maximum atomic E-state index is 3.52. The van der Waals surface area contributed by atoms with Crippen LogP contribution in [0.25, 0.3) is 0 Å². The van der Waals surface area contributed by atoms with E-state index in [1.54, 1.807) is 0 Å². The van der Waals surface area contributed by atoms with E-state index in [1.165, 1.54) is 28.1 Å². The topological polar surface area (TPSA) is 15.3 Å². The van der Waals surface area contributed by atoms with Crippen molar-refractivity contribution in [3.63, 3.8) is 0 Å². The van der Waals surface area contributed by atoms with E-state index >= 15 is 0 Å². The molecule has 0 atom stereocenters. The summed E-state index contributed by atoms with van der Waals surface area (Å²) in [6.45, 7) is 3.23. The first-order valence-electron chi connectivity index (χ1n) is 6.88. The summed E-state index contributed by atoms with van der Waals surface area (Å²) >= 11 is 1.85. The zero-order valence-corrected chi connectivity index (χ0v) is 13.4. The molecule has 0 amide bonds. The number of hydrogen-bond donors (Lipinski definition) is 1. The standard InChI is InChI=1S/C16H20N2S.ClH/c1-18(10-8-15-6-3-11-19-15)12-14-5-2-4-13-7-9-17-16(13)14;/h2-6,11,17H,7-10,12H2,1H3;1H. The molecule has 0 bridgehead atoms. The summed E-state index contributed by atoms with van der Waals surface area (Å²) in [5.74, 6) is 0. The van der Waals surface area contributed by atoms with Crippen LogP contribution in [0.1, 0.15) is 16.0 Å². The number of para-hydroxylation sites is 1. The Bertz CT molecular complexity index is 539. The number of nitrogens with zero attached hydrogens (tertiary/aromatic N) is 1. The van der Waals surface area contributed by atoms with Gasteiger partial charge in [0.05, 0.1) is 0 Å². The smallest absolute Gasteiger partial charge is 0.0419 e. The third kappa shape index (κ3) is 3.54. The van der Waals surface area contributed by atoms with E-state index in [0.29, 0.717) is 0 Å². The average Bonchev–Trinajstić information content (AvgIpc) is 3.08. The predicted molar refractivity (Wildman–Crippen MR) is 90.2 cm³/mol. The molecule has 1 aromatic heterocycles. The predicted octanol–water partition coefficient (Wildman–Crippen LogP) is 3.81.